The van der Waals surface area contributed by atoms with Gasteiger partial charge in [-0.05, 0) is 36.0 Å². The molecule has 0 radical (unpaired) electrons. The summed E-state index contributed by atoms with van der Waals surface area (Å²) in [6, 6.07) is 24.5. The van der Waals surface area contributed by atoms with E-state index < -0.39 is 35.3 Å². The molecule has 0 unspecified atom stereocenters. The van der Waals surface area contributed by atoms with Crippen molar-refractivity contribution in [1.29, 1.82) is 0 Å². The number of carbonyl (C=O) groups excluding carboxylic acids is 4. The lowest BCUT2D eigenvalue weighted by atomic mass is 10.2. The summed E-state index contributed by atoms with van der Waals surface area (Å²) in [7, 11) is 0. The number of ether oxygens (including phenoxy) is 1. The molecule has 12 nitrogen and oxygen atoms in total. The Kier molecular flexibility index (Phi) is 7.97. The topological polar surface area (TPSA) is 154 Å². The average molecular weight is 569 g/mol. The molecule has 2 heterocycles. The second kappa shape index (κ2) is 12.1. The maximum atomic E-state index is 13.3. The molecule has 5 rings (SSSR count). The first-order chi connectivity index (χ1) is 19.9. The third-order valence-electron chi connectivity index (χ3n) is 5.59. The van der Waals surface area contributed by atoms with Crippen LogP contribution in [0.3, 0.4) is 0 Å². The highest BCUT2D eigenvalue weighted by molar-refractivity contribution is 8.18. The van der Waals surface area contributed by atoms with Gasteiger partial charge in [0.25, 0.3) is 17.1 Å². The predicted molar refractivity (Wildman–Crippen MR) is 150 cm³/mol. The Bertz CT molecular complexity index is 1760. The van der Waals surface area contributed by atoms with Crippen LogP contribution in [0.15, 0.2) is 106 Å². The molecule has 1 fully saturated rings. The van der Waals surface area contributed by atoms with Crippen molar-refractivity contribution in [2.75, 3.05) is 0 Å². The van der Waals surface area contributed by atoms with Gasteiger partial charge in [-0.3, -0.25) is 19.7 Å². The molecule has 0 atom stereocenters. The highest BCUT2D eigenvalue weighted by Crippen LogP contribution is 2.24. The number of hydrogen-bond acceptors (Lipinski definition) is 9. The van der Waals surface area contributed by atoms with Crippen LogP contribution in [0.4, 0.5) is 4.79 Å². The Hall–Kier alpha value is -5.56. The highest BCUT2D eigenvalue weighted by Gasteiger charge is 2.26. The van der Waals surface area contributed by atoms with E-state index >= 15 is 0 Å². The number of nitrogens with one attached hydrogen (secondary N) is 2. The maximum Gasteiger partial charge on any atom is 0.351 e. The van der Waals surface area contributed by atoms with E-state index in [-0.39, 0.29) is 10.7 Å². The number of imide groups is 1. The summed E-state index contributed by atoms with van der Waals surface area (Å²) < 4.78 is 7.75. The minimum atomic E-state index is -0.871. The molecule has 0 saturated carbocycles. The van der Waals surface area contributed by atoms with Crippen molar-refractivity contribution in [3.05, 3.63) is 112 Å². The molecule has 4 aromatic rings. The Balaban J connectivity index is 1.29. The smallest absolute Gasteiger partial charge is 0.351 e. The molecule has 0 spiro atoms. The van der Waals surface area contributed by atoms with Gasteiger partial charge in [0.05, 0.1) is 16.8 Å². The minimum Gasteiger partial charge on any atom is -0.423 e. The first-order valence-corrected chi connectivity index (χ1v) is 12.9. The molecular weight excluding hydrogens is 548 g/mol. The molecule has 41 heavy (non-hydrogen) atoms. The van der Waals surface area contributed by atoms with E-state index in [1.807, 2.05) is 41.7 Å². The Morgan fingerprint density at radius 3 is 2.34 bits per heavy atom. The van der Waals surface area contributed by atoms with Crippen molar-refractivity contribution in [3.63, 3.8) is 0 Å². The SMILES string of the molecule is O=C(Cn1nc(-c2ccccc2)n(-c2ccccc2)c1=O)N/N=C\c1ccccc1OC(=O)/C=C1\SC(=O)NC1=O. The van der Waals surface area contributed by atoms with Gasteiger partial charge in [-0.15, -0.1) is 5.10 Å². The number of thioether (sulfide) groups is 1. The van der Waals surface area contributed by atoms with Gasteiger partial charge in [-0.1, -0.05) is 60.7 Å². The molecule has 1 aromatic heterocycles. The summed E-state index contributed by atoms with van der Waals surface area (Å²) in [5, 5.41) is 9.78. The van der Waals surface area contributed by atoms with Gasteiger partial charge in [0, 0.05) is 17.2 Å². The van der Waals surface area contributed by atoms with Crippen LogP contribution in [-0.4, -0.2) is 43.6 Å². The van der Waals surface area contributed by atoms with Crippen LogP contribution in [0.5, 0.6) is 5.75 Å². The number of amides is 3. The van der Waals surface area contributed by atoms with E-state index in [4.69, 9.17) is 4.74 Å². The standard InChI is InChI=1S/C28H20N6O6S/c35-23(17-33-28(39)34(20-12-5-2-6-13-20)25(32-33)18-9-3-1-4-10-18)31-29-16-19-11-7-8-14-21(19)40-24(36)15-22-26(37)30-27(38)41-22/h1-16H,17H2,(H,31,35)(H,30,37,38)/b22-15-,29-16-. The fraction of sp³-hybridized carbons (Fsp3) is 0.0357. The average Bonchev–Trinajstić information content (AvgIpc) is 3.47. The zero-order chi connectivity index (χ0) is 28.8. The van der Waals surface area contributed by atoms with E-state index in [0.717, 1.165) is 10.8 Å². The van der Waals surface area contributed by atoms with Gasteiger partial charge in [0.1, 0.15) is 12.3 Å². The largest absolute Gasteiger partial charge is 0.423 e. The van der Waals surface area contributed by atoms with E-state index in [0.29, 0.717) is 34.4 Å². The van der Waals surface area contributed by atoms with Crippen LogP contribution in [0, 0.1) is 0 Å². The summed E-state index contributed by atoms with van der Waals surface area (Å²) in [5.41, 5.74) is 3.48. The lowest BCUT2D eigenvalue weighted by Crippen LogP contribution is -2.31. The first-order valence-electron chi connectivity index (χ1n) is 12.1. The third kappa shape index (κ3) is 6.37. The van der Waals surface area contributed by atoms with Gasteiger partial charge in [0.2, 0.25) is 0 Å². The van der Waals surface area contributed by atoms with Gasteiger partial charge in [0.15, 0.2) is 5.82 Å². The van der Waals surface area contributed by atoms with Gasteiger partial charge in [-0.2, -0.15) is 5.10 Å². The lowest BCUT2D eigenvalue weighted by molar-refractivity contribution is -0.129. The quantitative estimate of drug-likeness (QED) is 0.108. The van der Waals surface area contributed by atoms with Crippen molar-refractivity contribution in [2.45, 2.75) is 6.54 Å². The second-order valence-electron chi connectivity index (χ2n) is 8.41. The zero-order valence-electron chi connectivity index (χ0n) is 21.1. The molecule has 13 heteroatoms. The van der Waals surface area contributed by atoms with Crippen molar-refractivity contribution in [3.8, 4) is 22.8 Å². The van der Waals surface area contributed by atoms with Gasteiger partial charge < -0.3 is 4.74 Å². The predicted octanol–water partition coefficient (Wildman–Crippen LogP) is 2.62. The zero-order valence-corrected chi connectivity index (χ0v) is 21.9. The fourth-order valence-corrected chi connectivity index (χ4v) is 4.43. The van der Waals surface area contributed by atoms with E-state index in [9.17, 15) is 24.0 Å². The molecule has 3 aromatic carbocycles. The number of esters is 1. The van der Waals surface area contributed by atoms with Crippen molar-refractivity contribution in [2.24, 2.45) is 5.10 Å². The molecule has 1 aliphatic rings. The van der Waals surface area contributed by atoms with Crippen molar-refractivity contribution in [1.82, 2.24) is 25.1 Å². The summed E-state index contributed by atoms with van der Waals surface area (Å²) in [4.78, 5) is 61.0. The van der Waals surface area contributed by atoms with Crippen LogP contribution >= 0.6 is 11.8 Å². The number of aromatic nitrogens is 3. The fourth-order valence-electron chi connectivity index (χ4n) is 3.79. The number of carbonyl (C=O) groups is 4. The first kappa shape index (κ1) is 27.0. The minimum absolute atomic E-state index is 0.0845. The Morgan fingerprint density at radius 2 is 1.63 bits per heavy atom. The van der Waals surface area contributed by atoms with E-state index in [1.54, 1.807) is 42.5 Å². The molecule has 0 bridgehead atoms. The molecular formula is C28H20N6O6S. The third-order valence-corrected chi connectivity index (χ3v) is 6.40. The van der Waals surface area contributed by atoms with Crippen LogP contribution < -0.4 is 21.2 Å². The number of hydrazone groups is 1. The van der Waals surface area contributed by atoms with Crippen molar-refractivity contribution < 1.29 is 23.9 Å². The summed E-state index contributed by atoms with van der Waals surface area (Å²) in [6.07, 6.45) is 2.17. The summed E-state index contributed by atoms with van der Waals surface area (Å²) in [6.45, 7) is -0.404. The number of hydrogen-bond donors (Lipinski definition) is 2. The monoisotopic (exact) mass is 568 g/mol. The van der Waals surface area contributed by atoms with Crippen LogP contribution in [0.25, 0.3) is 17.1 Å². The van der Waals surface area contributed by atoms with Gasteiger partial charge >= 0.3 is 11.7 Å². The second-order valence-corrected chi connectivity index (χ2v) is 9.42. The molecule has 3 amide bonds. The van der Waals surface area contributed by atoms with Crippen LogP contribution in [0.2, 0.25) is 0 Å². The van der Waals surface area contributed by atoms with E-state index in [1.165, 1.54) is 16.8 Å². The molecule has 204 valence electrons. The lowest BCUT2D eigenvalue weighted by Gasteiger charge is -2.05. The van der Waals surface area contributed by atoms with E-state index in [2.05, 4.69) is 15.6 Å². The molecule has 1 aliphatic heterocycles. The van der Waals surface area contributed by atoms with Crippen LogP contribution in [0.1, 0.15) is 5.56 Å². The van der Waals surface area contributed by atoms with Gasteiger partial charge in [-0.25, -0.2) is 24.3 Å². The number of nitrogens with zero attached hydrogens (tertiary/aromatic N) is 4. The molecule has 0 aliphatic carbocycles. The number of para-hydroxylation sites is 2. The van der Waals surface area contributed by atoms with Crippen LogP contribution in [-0.2, 0) is 20.9 Å². The molecule has 2 N–H and O–H groups in total. The Morgan fingerprint density at radius 1 is 0.951 bits per heavy atom. The summed E-state index contributed by atoms with van der Waals surface area (Å²) >= 11 is 0.591. The maximum absolute atomic E-state index is 13.3. The number of benzene rings is 3. The Labute approximate surface area is 236 Å². The molecule has 1 saturated heterocycles. The van der Waals surface area contributed by atoms with Crippen molar-refractivity contribution >= 4 is 41.0 Å². The normalized spacial score (nSPS) is 13.9. The number of rotatable bonds is 8. The highest BCUT2D eigenvalue weighted by atomic mass is 32.2. The summed E-state index contributed by atoms with van der Waals surface area (Å²) in [5.74, 6) is -1.69.